The minimum atomic E-state index is 0.782. The number of rotatable bonds is 4. The summed E-state index contributed by atoms with van der Waals surface area (Å²) >= 11 is 5.99. The summed E-state index contributed by atoms with van der Waals surface area (Å²) in [4.78, 5) is 0. The molecule has 0 N–H and O–H groups in total. The zero-order valence-electron chi connectivity index (χ0n) is 11.6. The van der Waals surface area contributed by atoms with Crippen molar-refractivity contribution in [3.8, 4) is 11.3 Å². The van der Waals surface area contributed by atoms with Crippen molar-refractivity contribution in [2.75, 3.05) is 0 Å². The topological polar surface area (TPSA) is 4.93 Å². The first kappa shape index (κ1) is 13.3. The Bertz CT molecular complexity index is 710. The van der Waals surface area contributed by atoms with Crippen molar-refractivity contribution < 1.29 is 0 Å². The van der Waals surface area contributed by atoms with Crippen LogP contribution in [0.1, 0.15) is 19.8 Å². The van der Waals surface area contributed by atoms with Gasteiger partial charge >= 0.3 is 0 Å². The van der Waals surface area contributed by atoms with Gasteiger partial charge in [0, 0.05) is 28.2 Å². The van der Waals surface area contributed by atoms with E-state index in [-0.39, 0.29) is 0 Å². The molecule has 0 radical (unpaired) electrons. The fourth-order valence-corrected chi connectivity index (χ4v) is 2.75. The molecule has 3 rings (SSSR count). The number of aryl methyl sites for hydroxylation is 1. The molecule has 102 valence electrons. The number of fused-ring (bicyclic) bond motifs is 1. The van der Waals surface area contributed by atoms with Crippen LogP contribution in [0.2, 0.25) is 5.02 Å². The molecule has 1 heterocycles. The molecular formula is C18H18ClN. The van der Waals surface area contributed by atoms with Gasteiger partial charge in [-0.3, -0.25) is 0 Å². The van der Waals surface area contributed by atoms with Crippen LogP contribution in [-0.4, -0.2) is 4.57 Å². The van der Waals surface area contributed by atoms with E-state index >= 15 is 0 Å². The van der Waals surface area contributed by atoms with E-state index in [2.05, 4.69) is 54.0 Å². The molecule has 0 atom stereocenters. The maximum absolute atomic E-state index is 5.99. The molecule has 3 aromatic rings. The van der Waals surface area contributed by atoms with Gasteiger partial charge in [-0.2, -0.15) is 0 Å². The third-order valence-corrected chi connectivity index (χ3v) is 3.94. The van der Waals surface area contributed by atoms with E-state index in [4.69, 9.17) is 11.6 Å². The number of halogens is 1. The van der Waals surface area contributed by atoms with Gasteiger partial charge < -0.3 is 4.57 Å². The van der Waals surface area contributed by atoms with Gasteiger partial charge in [0.1, 0.15) is 0 Å². The van der Waals surface area contributed by atoms with Gasteiger partial charge in [-0.05, 0) is 36.2 Å². The van der Waals surface area contributed by atoms with Crippen molar-refractivity contribution in [3.63, 3.8) is 0 Å². The summed E-state index contributed by atoms with van der Waals surface area (Å²) in [6.07, 6.45) is 2.39. The number of hydrogen-bond donors (Lipinski definition) is 0. The van der Waals surface area contributed by atoms with Crippen molar-refractivity contribution in [2.45, 2.75) is 26.3 Å². The lowest BCUT2D eigenvalue weighted by Crippen LogP contribution is -1.99. The first-order valence-corrected chi connectivity index (χ1v) is 7.51. The first-order valence-electron chi connectivity index (χ1n) is 7.14. The molecule has 0 unspecified atom stereocenters. The van der Waals surface area contributed by atoms with Gasteiger partial charge in [0.15, 0.2) is 0 Å². The second-order valence-electron chi connectivity index (χ2n) is 5.10. The summed E-state index contributed by atoms with van der Waals surface area (Å²) in [6, 6.07) is 19.0. The molecule has 2 heteroatoms. The van der Waals surface area contributed by atoms with E-state index < -0.39 is 0 Å². The molecule has 0 saturated heterocycles. The van der Waals surface area contributed by atoms with Crippen LogP contribution in [0.15, 0.2) is 54.6 Å². The van der Waals surface area contributed by atoms with Crippen molar-refractivity contribution in [1.29, 1.82) is 0 Å². The summed E-state index contributed by atoms with van der Waals surface area (Å²) in [5.74, 6) is 0. The summed E-state index contributed by atoms with van der Waals surface area (Å²) in [5.41, 5.74) is 3.81. The number of aromatic nitrogens is 1. The van der Waals surface area contributed by atoms with Crippen LogP contribution in [0.25, 0.3) is 22.2 Å². The van der Waals surface area contributed by atoms with Crippen LogP contribution in [0.5, 0.6) is 0 Å². The van der Waals surface area contributed by atoms with Crippen molar-refractivity contribution in [3.05, 3.63) is 59.6 Å². The van der Waals surface area contributed by atoms with Gasteiger partial charge in [-0.1, -0.05) is 55.3 Å². The molecule has 0 bridgehead atoms. The van der Waals surface area contributed by atoms with Gasteiger partial charge in [-0.15, -0.1) is 0 Å². The monoisotopic (exact) mass is 283 g/mol. The quantitative estimate of drug-likeness (QED) is 0.573. The van der Waals surface area contributed by atoms with Crippen LogP contribution in [-0.2, 0) is 6.54 Å². The van der Waals surface area contributed by atoms with Crippen LogP contribution in [0.4, 0.5) is 0 Å². The Labute approximate surface area is 124 Å². The lowest BCUT2D eigenvalue weighted by Gasteiger charge is -2.10. The third kappa shape index (κ3) is 2.46. The standard InChI is InChI=1S/C18H18ClN/c1-2-3-12-20-17-7-5-4-6-15(17)13-18(20)14-8-10-16(19)11-9-14/h4-11,13H,2-3,12H2,1H3. The van der Waals surface area contributed by atoms with E-state index in [0.29, 0.717) is 0 Å². The van der Waals surface area contributed by atoms with Gasteiger partial charge in [0.2, 0.25) is 0 Å². The highest BCUT2D eigenvalue weighted by molar-refractivity contribution is 6.30. The average Bonchev–Trinajstić information content (AvgIpc) is 2.84. The van der Waals surface area contributed by atoms with E-state index in [0.717, 1.165) is 11.6 Å². The van der Waals surface area contributed by atoms with Crippen molar-refractivity contribution >= 4 is 22.5 Å². The van der Waals surface area contributed by atoms with Crippen LogP contribution >= 0.6 is 11.6 Å². The zero-order chi connectivity index (χ0) is 13.9. The van der Waals surface area contributed by atoms with Gasteiger partial charge in [0.05, 0.1) is 0 Å². The largest absolute Gasteiger partial charge is 0.340 e. The number of nitrogens with zero attached hydrogens (tertiary/aromatic N) is 1. The molecular weight excluding hydrogens is 266 g/mol. The lowest BCUT2D eigenvalue weighted by molar-refractivity contribution is 0.654. The van der Waals surface area contributed by atoms with E-state index in [1.165, 1.54) is 35.0 Å². The van der Waals surface area contributed by atoms with Crippen molar-refractivity contribution in [1.82, 2.24) is 4.57 Å². The number of hydrogen-bond acceptors (Lipinski definition) is 0. The summed E-state index contributed by atoms with van der Waals surface area (Å²) < 4.78 is 2.42. The summed E-state index contributed by atoms with van der Waals surface area (Å²) in [6.45, 7) is 3.29. The van der Waals surface area contributed by atoms with Crippen molar-refractivity contribution in [2.24, 2.45) is 0 Å². The number of para-hydroxylation sites is 1. The predicted molar refractivity (Wildman–Crippen MR) is 87.3 cm³/mol. The minimum absolute atomic E-state index is 0.782. The van der Waals surface area contributed by atoms with Gasteiger partial charge in [0.25, 0.3) is 0 Å². The third-order valence-electron chi connectivity index (χ3n) is 3.69. The average molecular weight is 284 g/mol. The molecule has 1 nitrogen and oxygen atoms in total. The molecule has 0 aliphatic carbocycles. The maximum Gasteiger partial charge on any atom is 0.0491 e. The Hall–Kier alpha value is -1.73. The summed E-state index contributed by atoms with van der Waals surface area (Å²) in [7, 11) is 0. The van der Waals surface area contributed by atoms with E-state index in [9.17, 15) is 0 Å². The Kier molecular flexibility index (Phi) is 3.79. The normalized spacial score (nSPS) is 11.1. The Morgan fingerprint density at radius 2 is 1.75 bits per heavy atom. The number of unbranched alkanes of at least 4 members (excludes halogenated alkanes) is 1. The Morgan fingerprint density at radius 3 is 2.50 bits per heavy atom. The highest BCUT2D eigenvalue weighted by Crippen LogP contribution is 2.29. The molecule has 0 amide bonds. The first-order chi connectivity index (χ1) is 9.79. The lowest BCUT2D eigenvalue weighted by atomic mass is 10.1. The van der Waals surface area contributed by atoms with Crippen LogP contribution in [0.3, 0.4) is 0 Å². The van der Waals surface area contributed by atoms with Crippen LogP contribution in [0, 0.1) is 0 Å². The van der Waals surface area contributed by atoms with Gasteiger partial charge in [-0.25, -0.2) is 0 Å². The second kappa shape index (κ2) is 5.72. The molecule has 20 heavy (non-hydrogen) atoms. The SMILES string of the molecule is CCCCn1c(-c2ccc(Cl)cc2)cc2ccccc21. The minimum Gasteiger partial charge on any atom is -0.340 e. The van der Waals surface area contributed by atoms with E-state index in [1.54, 1.807) is 0 Å². The highest BCUT2D eigenvalue weighted by Gasteiger charge is 2.09. The zero-order valence-corrected chi connectivity index (χ0v) is 12.4. The van der Waals surface area contributed by atoms with E-state index in [1.807, 2.05) is 12.1 Å². The molecule has 0 fully saturated rings. The fraction of sp³-hybridized carbons (Fsp3) is 0.222. The molecule has 0 aliphatic rings. The second-order valence-corrected chi connectivity index (χ2v) is 5.54. The fourth-order valence-electron chi connectivity index (χ4n) is 2.63. The smallest absolute Gasteiger partial charge is 0.0491 e. The van der Waals surface area contributed by atoms with Crippen LogP contribution < -0.4 is 0 Å². The Balaban J connectivity index is 2.15. The summed E-state index contributed by atoms with van der Waals surface area (Å²) in [5, 5.41) is 2.08. The molecule has 0 aliphatic heterocycles. The maximum atomic E-state index is 5.99. The number of benzene rings is 2. The predicted octanol–water partition coefficient (Wildman–Crippen LogP) is 5.76. The molecule has 1 aromatic heterocycles. The molecule has 0 spiro atoms. The molecule has 0 saturated carbocycles. The Morgan fingerprint density at radius 1 is 1.00 bits per heavy atom. The highest BCUT2D eigenvalue weighted by atomic mass is 35.5. The molecule has 2 aromatic carbocycles.